The molecule has 0 radical (unpaired) electrons. The van der Waals surface area contributed by atoms with E-state index in [0.29, 0.717) is 10.5 Å². The lowest BCUT2D eigenvalue weighted by atomic mass is 10.2. The summed E-state index contributed by atoms with van der Waals surface area (Å²) in [7, 11) is -3.76. The molecule has 92 valence electrons. The number of phosphoric acid groups is 1. The Bertz CT molecular complexity index is 582. The van der Waals surface area contributed by atoms with Gasteiger partial charge < -0.3 is 4.62 Å². The summed E-state index contributed by atoms with van der Waals surface area (Å²) in [6.45, 7) is 0. The van der Waals surface area contributed by atoms with Crippen molar-refractivity contribution >= 4 is 62.8 Å². The van der Waals surface area contributed by atoms with Crippen LogP contribution in [0.2, 0.25) is 5.02 Å². The second kappa shape index (κ2) is 5.30. The Hall–Kier alpha value is -0.0400. The molecule has 0 aliphatic carbocycles. The zero-order chi connectivity index (χ0) is 12.5. The first-order valence-electron chi connectivity index (χ1n) is 4.26. The zero-order valence-electron chi connectivity index (χ0n) is 8.05. The summed E-state index contributed by atoms with van der Waals surface area (Å²) in [5.74, 6) is 0. The average molecular weight is 405 g/mol. The van der Waals surface area contributed by atoms with Gasteiger partial charge in [0, 0.05) is 5.39 Å². The second-order valence-corrected chi connectivity index (χ2v) is 6.47. The van der Waals surface area contributed by atoms with Gasteiger partial charge in [0.1, 0.15) is 32.5 Å². The first-order chi connectivity index (χ1) is 8.09. The Morgan fingerprint density at radius 1 is 1.24 bits per heavy atom. The summed E-state index contributed by atoms with van der Waals surface area (Å²) in [6, 6.07) is 7.20. The van der Waals surface area contributed by atoms with E-state index in [1.165, 1.54) is 10.9 Å². The Balaban J connectivity index is 2.47. The maximum Gasteiger partial charge on any atom is 0.571 e. The molecule has 0 atom stereocenters. The van der Waals surface area contributed by atoms with E-state index < -0.39 is 7.82 Å². The van der Waals surface area contributed by atoms with Crippen LogP contribution in [0.1, 0.15) is 0 Å². The van der Waals surface area contributed by atoms with Crippen LogP contribution in [0, 0.1) is 0 Å². The van der Waals surface area contributed by atoms with E-state index in [4.69, 9.17) is 16.2 Å². The quantitative estimate of drug-likeness (QED) is 0.704. The zero-order valence-corrected chi connectivity index (χ0v) is 12.9. The lowest BCUT2D eigenvalue weighted by molar-refractivity contribution is 0.218. The molecule has 0 N–H and O–H groups in total. The van der Waals surface area contributed by atoms with Gasteiger partial charge in [-0.1, -0.05) is 29.8 Å². The molecule has 0 saturated carbocycles. The highest BCUT2D eigenvalue weighted by molar-refractivity contribution is 9.07. The molecular weight excluding hydrogens is 400 g/mol. The molecular formula is C8H5Br2ClNO4P. The minimum Gasteiger partial charge on any atom is -0.310 e. The van der Waals surface area contributed by atoms with Gasteiger partial charge in [-0.25, -0.2) is 4.57 Å². The van der Waals surface area contributed by atoms with Gasteiger partial charge in [0.15, 0.2) is 0 Å². The fourth-order valence-corrected chi connectivity index (χ4v) is 3.14. The van der Waals surface area contributed by atoms with Crippen LogP contribution in [0.5, 0.6) is 0 Å². The highest BCUT2D eigenvalue weighted by Crippen LogP contribution is 2.50. The third-order valence-corrected chi connectivity index (χ3v) is 5.13. The van der Waals surface area contributed by atoms with Crippen LogP contribution < -0.4 is 4.62 Å². The van der Waals surface area contributed by atoms with Crippen molar-refractivity contribution in [1.29, 1.82) is 0 Å². The molecule has 2 aromatic rings. The van der Waals surface area contributed by atoms with Gasteiger partial charge in [0.05, 0.1) is 16.7 Å². The van der Waals surface area contributed by atoms with Crippen molar-refractivity contribution in [3.8, 4) is 0 Å². The Labute approximate surface area is 119 Å². The summed E-state index contributed by atoms with van der Waals surface area (Å²) in [6.07, 6.45) is 1.47. The third-order valence-electron chi connectivity index (χ3n) is 1.99. The van der Waals surface area contributed by atoms with E-state index in [2.05, 4.69) is 39.7 Å². The topological polar surface area (TPSA) is 49.7 Å². The van der Waals surface area contributed by atoms with Gasteiger partial charge in [-0.2, -0.15) is 12.0 Å². The summed E-state index contributed by atoms with van der Waals surface area (Å²) in [5.41, 5.74) is 0.645. The van der Waals surface area contributed by atoms with Crippen LogP contribution in [-0.2, 0) is 11.8 Å². The minimum absolute atomic E-state index is 0.469. The van der Waals surface area contributed by atoms with E-state index in [9.17, 15) is 4.57 Å². The molecule has 0 aliphatic heterocycles. The molecule has 9 heteroatoms. The average Bonchev–Trinajstić information content (AvgIpc) is 2.67. The van der Waals surface area contributed by atoms with E-state index in [0.717, 1.165) is 5.39 Å². The molecule has 1 heterocycles. The molecule has 0 saturated heterocycles. The standard InChI is InChI=1S/C8H5Br2ClNO4P/c9-14-17(13,15-10)16-12-5-7(11)6-3-1-2-4-8(6)12/h1-5H. The number of aromatic nitrogens is 1. The first-order valence-corrected chi connectivity index (χ1v) is 7.39. The van der Waals surface area contributed by atoms with Crippen molar-refractivity contribution < 1.29 is 16.4 Å². The van der Waals surface area contributed by atoms with E-state index in [1.807, 2.05) is 12.1 Å². The lowest BCUT2D eigenvalue weighted by Crippen LogP contribution is -2.07. The van der Waals surface area contributed by atoms with Crippen LogP contribution in [0.3, 0.4) is 0 Å². The van der Waals surface area contributed by atoms with Gasteiger partial charge >= 0.3 is 7.82 Å². The number of nitrogens with zero attached hydrogens (tertiary/aromatic N) is 1. The lowest BCUT2D eigenvalue weighted by Gasteiger charge is -2.12. The van der Waals surface area contributed by atoms with Gasteiger partial charge in [-0.05, 0) is 6.07 Å². The number of fused-ring (bicyclic) bond motifs is 1. The van der Waals surface area contributed by atoms with Crippen LogP contribution in [-0.4, -0.2) is 4.73 Å². The number of benzene rings is 1. The van der Waals surface area contributed by atoms with Crippen molar-refractivity contribution in [2.24, 2.45) is 0 Å². The smallest absolute Gasteiger partial charge is 0.310 e. The highest BCUT2D eigenvalue weighted by atomic mass is 79.9. The fraction of sp³-hybridized carbons (Fsp3) is 0. The first kappa shape index (κ1) is 13.4. The molecule has 0 bridgehead atoms. The molecule has 0 spiro atoms. The summed E-state index contributed by atoms with van der Waals surface area (Å²) in [4.78, 5) is 0. The molecule has 0 amide bonds. The normalized spacial score (nSPS) is 11.9. The molecule has 2 rings (SSSR count). The number of rotatable bonds is 4. The minimum atomic E-state index is -3.76. The van der Waals surface area contributed by atoms with Crippen LogP contribution in [0.4, 0.5) is 0 Å². The number of halogens is 3. The molecule has 0 fully saturated rings. The molecule has 1 aromatic carbocycles. The van der Waals surface area contributed by atoms with Gasteiger partial charge in [0.2, 0.25) is 0 Å². The number of hydrogen-bond acceptors (Lipinski definition) is 4. The second-order valence-electron chi connectivity index (χ2n) is 2.99. The largest absolute Gasteiger partial charge is 0.571 e. The number of hydrogen-bond donors (Lipinski definition) is 0. The maximum absolute atomic E-state index is 11.7. The van der Waals surface area contributed by atoms with Gasteiger partial charge in [0.25, 0.3) is 0 Å². The summed E-state index contributed by atoms with van der Waals surface area (Å²) in [5, 5.41) is 1.24. The summed E-state index contributed by atoms with van der Waals surface area (Å²) >= 11 is 11.1. The van der Waals surface area contributed by atoms with E-state index in [1.54, 1.807) is 12.1 Å². The van der Waals surface area contributed by atoms with Gasteiger partial charge in [-0.3, -0.25) is 0 Å². The van der Waals surface area contributed by atoms with Crippen LogP contribution >= 0.6 is 51.9 Å². The Morgan fingerprint density at radius 2 is 1.88 bits per heavy atom. The third kappa shape index (κ3) is 2.70. The van der Waals surface area contributed by atoms with Crippen molar-refractivity contribution in [3.63, 3.8) is 0 Å². The van der Waals surface area contributed by atoms with Crippen molar-refractivity contribution in [1.82, 2.24) is 4.73 Å². The predicted molar refractivity (Wildman–Crippen MR) is 71.2 cm³/mol. The van der Waals surface area contributed by atoms with Crippen LogP contribution in [0.15, 0.2) is 30.5 Å². The fourth-order valence-electron chi connectivity index (χ4n) is 1.32. The SMILES string of the molecule is O=P(OBr)(OBr)On1cc(Cl)c2ccccc21. The molecule has 0 unspecified atom stereocenters. The summed E-state index contributed by atoms with van der Waals surface area (Å²) < 4.78 is 27.0. The maximum atomic E-state index is 11.7. The Morgan fingerprint density at radius 3 is 2.53 bits per heavy atom. The van der Waals surface area contributed by atoms with Crippen LogP contribution in [0.25, 0.3) is 10.9 Å². The highest BCUT2D eigenvalue weighted by Gasteiger charge is 2.29. The monoisotopic (exact) mass is 403 g/mol. The van der Waals surface area contributed by atoms with E-state index >= 15 is 0 Å². The van der Waals surface area contributed by atoms with Crippen molar-refractivity contribution in [3.05, 3.63) is 35.5 Å². The molecule has 0 aliphatic rings. The van der Waals surface area contributed by atoms with Crippen molar-refractivity contribution in [2.75, 3.05) is 0 Å². The number of para-hydroxylation sites is 1. The van der Waals surface area contributed by atoms with Gasteiger partial charge in [-0.15, -0.1) is 0 Å². The van der Waals surface area contributed by atoms with Crippen molar-refractivity contribution in [2.45, 2.75) is 0 Å². The Kier molecular flexibility index (Phi) is 4.18. The predicted octanol–water partition coefficient (Wildman–Crippen LogP) is 4.48. The molecule has 17 heavy (non-hydrogen) atoms. The van der Waals surface area contributed by atoms with E-state index in [-0.39, 0.29) is 0 Å². The molecule has 1 aromatic heterocycles. The molecule has 5 nitrogen and oxygen atoms in total.